The van der Waals surface area contributed by atoms with Gasteiger partial charge in [-0.2, -0.15) is 0 Å². The molecule has 3 aromatic rings. The van der Waals surface area contributed by atoms with Crippen molar-refractivity contribution in [2.45, 2.75) is 19.3 Å². The van der Waals surface area contributed by atoms with Crippen LogP contribution in [0.2, 0.25) is 0 Å². The first kappa shape index (κ1) is 16.3. The summed E-state index contributed by atoms with van der Waals surface area (Å²) in [7, 11) is 0. The molecule has 0 radical (unpaired) electrons. The second-order valence-corrected chi connectivity index (χ2v) is 6.55. The van der Waals surface area contributed by atoms with Gasteiger partial charge in [-0.05, 0) is 48.1 Å². The molecule has 1 aromatic heterocycles. The van der Waals surface area contributed by atoms with Crippen LogP contribution < -0.4 is 10.6 Å². The van der Waals surface area contributed by atoms with Crippen LogP contribution in [0.3, 0.4) is 0 Å². The lowest BCUT2D eigenvalue weighted by molar-refractivity contribution is 0.251. The molecular formula is C20H20N4O2. The maximum absolute atomic E-state index is 12.1. The molecule has 132 valence electrons. The van der Waals surface area contributed by atoms with Crippen molar-refractivity contribution in [3.8, 4) is 11.5 Å². The zero-order valence-corrected chi connectivity index (χ0v) is 14.5. The fourth-order valence-corrected chi connectivity index (χ4v) is 3.09. The second kappa shape index (κ2) is 7.00. The average Bonchev–Trinajstić information content (AvgIpc) is 3.33. The normalized spacial score (nSPS) is 18.3. The van der Waals surface area contributed by atoms with Gasteiger partial charge in [-0.15, -0.1) is 10.2 Å². The van der Waals surface area contributed by atoms with Crippen LogP contribution in [0.5, 0.6) is 0 Å². The van der Waals surface area contributed by atoms with E-state index in [0.29, 0.717) is 30.2 Å². The summed E-state index contributed by atoms with van der Waals surface area (Å²) in [5.74, 6) is 2.08. The van der Waals surface area contributed by atoms with Gasteiger partial charge in [0, 0.05) is 24.7 Å². The minimum Gasteiger partial charge on any atom is -0.421 e. The van der Waals surface area contributed by atoms with E-state index >= 15 is 0 Å². The number of hydrogen-bond acceptors (Lipinski definition) is 4. The lowest BCUT2D eigenvalue weighted by atomic mass is 10.1. The molecule has 1 heterocycles. The molecule has 4 rings (SSSR count). The van der Waals surface area contributed by atoms with E-state index in [-0.39, 0.29) is 6.03 Å². The summed E-state index contributed by atoms with van der Waals surface area (Å²) >= 11 is 0. The first-order chi connectivity index (χ1) is 12.7. The Morgan fingerprint density at radius 1 is 1.12 bits per heavy atom. The van der Waals surface area contributed by atoms with Crippen molar-refractivity contribution in [3.05, 3.63) is 66.1 Å². The predicted octanol–water partition coefficient (Wildman–Crippen LogP) is 3.97. The number of benzene rings is 2. The van der Waals surface area contributed by atoms with Crippen molar-refractivity contribution in [2.24, 2.45) is 5.92 Å². The minimum atomic E-state index is -0.190. The fourth-order valence-electron chi connectivity index (χ4n) is 3.09. The standard InChI is InChI=1S/C20H20N4O2/c1-13-23-24-19(26-13)15-7-9-17(10-8-15)22-20(25)21-12-16-11-18(16)14-5-3-2-4-6-14/h2-10,16,18H,11-12H2,1H3,(H2,21,22,25)/t16-,18-/m0/s1. The van der Waals surface area contributed by atoms with Crippen molar-refractivity contribution in [3.63, 3.8) is 0 Å². The summed E-state index contributed by atoms with van der Waals surface area (Å²) in [6, 6.07) is 17.6. The number of amides is 2. The second-order valence-electron chi connectivity index (χ2n) is 6.55. The van der Waals surface area contributed by atoms with E-state index in [0.717, 1.165) is 17.7 Å². The molecule has 1 fully saturated rings. The Balaban J connectivity index is 1.26. The number of nitrogens with one attached hydrogen (secondary N) is 2. The maximum Gasteiger partial charge on any atom is 0.319 e. The van der Waals surface area contributed by atoms with Gasteiger partial charge in [0.05, 0.1) is 0 Å². The highest BCUT2D eigenvalue weighted by Crippen LogP contribution is 2.46. The van der Waals surface area contributed by atoms with Crippen molar-refractivity contribution in [1.82, 2.24) is 15.5 Å². The Morgan fingerprint density at radius 3 is 2.58 bits per heavy atom. The third kappa shape index (κ3) is 3.74. The van der Waals surface area contributed by atoms with Crippen molar-refractivity contribution >= 4 is 11.7 Å². The minimum absolute atomic E-state index is 0.190. The van der Waals surface area contributed by atoms with Gasteiger partial charge in [-0.3, -0.25) is 0 Å². The molecule has 1 saturated carbocycles. The Hall–Kier alpha value is -3.15. The van der Waals surface area contributed by atoms with E-state index in [9.17, 15) is 4.79 Å². The quantitative estimate of drug-likeness (QED) is 0.731. The number of aryl methyl sites for hydroxylation is 1. The summed E-state index contributed by atoms with van der Waals surface area (Å²) < 4.78 is 5.39. The number of aromatic nitrogens is 2. The van der Waals surface area contributed by atoms with E-state index < -0.39 is 0 Å². The number of carbonyl (C=O) groups excluding carboxylic acids is 1. The van der Waals surface area contributed by atoms with E-state index in [1.165, 1.54) is 5.56 Å². The average molecular weight is 348 g/mol. The fraction of sp³-hybridized carbons (Fsp3) is 0.250. The molecule has 2 amide bonds. The van der Waals surface area contributed by atoms with E-state index in [4.69, 9.17) is 4.42 Å². The first-order valence-corrected chi connectivity index (χ1v) is 8.69. The lowest BCUT2D eigenvalue weighted by Crippen LogP contribution is -2.30. The Morgan fingerprint density at radius 2 is 1.88 bits per heavy atom. The zero-order chi connectivity index (χ0) is 17.9. The third-order valence-corrected chi connectivity index (χ3v) is 4.59. The topological polar surface area (TPSA) is 80.0 Å². The van der Waals surface area contributed by atoms with E-state index in [2.05, 4.69) is 45.1 Å². The van der Waals surface area contributed by atoms with Gasteiger partial charge in [-0.1, -0.05) is 30.3 Å². The molecule has 0 unspecified atom stereocenters. The molecule has 2 N–H and O–H groups in total. The maximum atomic E-state index is 12.1. The summed E-state index contributed by atoms with van der Waals surface area (Å²) in [5.41, 5.74) is 2.89. The van der Waals surface area contributed by atoms with Crippen LogP contribution in [0.25, 0.3) is 11.5 Å². The van der Waals surface area contributed by atoms with Crippen LogP contribution in [0.1, 0.15) is 23.8 Å². The van der Waals surface area contributed by atoms with Crippen LogP contribution in [0, 0.1) is 12.8 Å². The molecular weight excluding hydrogens is 328 g/mol. The van der Waals surface area contributed by atoms with Gasteiger partial charge in [0.2, 0.25) is 11.8 Å². The summed E-state index contributed by atoms with van der Waals surface area (Å²) in [4.78, 5) is 12.1. The number of nitrogens with zero attached hydrogens (tertiary/aromatic N) is 2. The molecule has 0 bridgehead atoms. The van der Waals surface area contributed by atoms with Crippen molar-refractivity contribution < 1.29 is 9.21 Å². The van der Waals surface area contributed by atoms with Crippen molar-refractivity contribution in [1.29, 1.82) is 0 Å². The van der Waals surface area contributed by atoms with Gasteiger partial charge in [0.1, 0.15) is 0 Å². The van der Waals surface area contributed by atoms with Crippen LogP contribution in [-0.2, 0) is 0 Å². The number of anilines is 1. The van der Waals surface area contributed by atoms with Crippen molar-refractivity contribution in [2.75, 3.05) is 11.9 Å². The lowest BCUT2D eigenvalue weighted by Gasteiger charge is -2.08. The summed E-state index contributed by atoms with van der Waals surface area (Å²) in [6.45, 7) is 2.43. The molecule has 1 aliphatic rings. The highest BCUT2D eigenvalue weighted by molar-refractivity contribution is 5.89. The molecule has 1 aliphatic carbocycles. The molecule has 26 heavy (non-hydrogen) atoms. The van der Waals surface area contributed by atoms with Crippen LogP contribution in [-0.4, -0.2) is 22.8 Å². The van der Waals surface area contributed by atoms with E-state index in [1.807, 2.05) is 30.3 Å². The number of urea groups is 1. The third-order valence-electron chi connectivity index (χ3n) is 4.59. The summed E-state index contributed by atoms with van der Waals surface area (Å²) in [6.07, 6.45) is 1.13. The van der Waals surface area contributed by atoms with Gasteiger partial charge in [0.25, 0.3) is 0 Å². The largest absolute Gasteiger partial charge is 0.421 e. The predicted molar refractivity (Wildman–Crippen MR) is 98.8 cm³/mol. The number of carbonyl (C=O) groups is 1. The van der Waals surface area contributed by atoms with Crippen LogP contribution >= 0.6 is 0 Å². The number of hydrogen-bond donors (Lipinski definition) is 2. The van der Waals surface area contributed by atoms with E-state index in [1.54, 1.807) is 6.92 Å². The highest BCUT2D eigenvalue weighted by atomic mass is 16.4. The molecule has 6 heteroatoms. The Bertz CT molecular complexity index is 890. The smallest absolute Gasteiger partial charge is 0.319 e. The van der Waals surface area contributed by atoms with Gasteiger partial charge >= 0.3 is 6.03 Å². The molecule has 2 atom stereocenters. The molecule has 0 spiro atoms. The SMILES string of the molecule is Cc1nnc(-c2ccc(NC(=O)NC[C@@H]3C[C@H]3c3ccccc3)cc2)o1. The molecule has 6 nitrogen and oxygen atoms in total. The molecule has 0 aliphatic heterocycles. The van der Waals surface area contributed by atoms with Crippen LogP contribution in [0.15, 0.2) is 59.0 Å². The van der Waals surface area contributed by atoms with Gasteiger partial charge < -0.3 is 15.1 Å². The van der Waals surface area contributed by atoms with Gasteiger partial charge in [-0.25, -0.2) is 4.79 Å². The molecule has 0 saturated heterocycles. The monoisotopic (exact) mass is 348 g/mol. The molecule has 2 aromatic carbocycles. The summed E-state index contributed by atoms with van der Waals surface area (Å²) in [5, 5.41) is 13.6. The highest BCUT2D eigenvalue weighted by Gasteiger charge is 2.37. The Labute approximate surface area is 151 Å². The Kier molecular flexibility index (Phi) is 4.39. The van der Waals surface area contributed by atoms with Crippen LogP contribution in [0.4, 0.5) is 10.5 Å². The number of rotatable bonds is 5. The van der Waals surface area contributed by atoms with Gasteiger partial charge in [0.15, 0.2) is 0 Å². The zero-order valence-electron chi connectivity index (χ0n) is 14.5. The first-order valence-electron chi connectivity index (χ1n) is 8.69.